The lowest BCUT2D eigenvalue weighted by Crippen LogP contribution is -2.57. The number of carbonyl (C=O) groups excluding carboxylic acids is 3. The topological polar surface area (TPSA) is 108 Å². The highest BCUT2D eigenvalue weighted by molar-refractivity contribution is 7.80. The number of nitrogens with one attached hydrogen (secondary N) is 2. The van der Waals surface area contributed by atoms with Crippen LogP contribution in [0.1, 0.15) is 86.8 Å². The van der Waals surface area contributed by atoms with Crippen LogP contribution in [0.25, 0.3) is 0 Å². The molecule has 0 fully saturated rings. The van der Waals surface area contributed by atoms with Crippen LogP contribution in [-0.4, -0.2) is 56.9 Å². The van der Waals surface area contributed by atoms with Gasteiger partial charge in [0.25, 0.3) is 0 Å². The SMILES string of the molecule is CC(C)CCC(C)N(C(=O)C(CS)NC(=O)OC(C)(C)C)C(C(=O)NC(C)(C)C)c1cccc(O)c1. The fraction of sp³-hybridized carbons (Fsp3) is 0.667. The molecule has 0 saturated heterocycles. The Morgan fingerprint density at radius 2 is 1.67 bits per heavy atom. The van der Waals surface area contributed by atoms with Crippen molar-refractivity contribution in [2.45, 2.75) is 104 Å². The van der Waals surface area contributed by atoms with Gasteiger partial charge in [0.2, 0.25) is 11.8 Å². The average Bonchev–Trinajstić information content (AvgIpc) is 2.70. The number of rotatable bonds is 10. The van der Waals surface area contributed by atoms with E-state index >= 15 is 0 Å². The van der Waals surface area contributed by atoms with Crippen LogP contribution in [0.5, 0.6) is 5.75 Å². The van der Waals surface area contributed by atoms with Crippen LogP contribution in [0.2, 0.25) is 0 Å². The standard InChI is InChI=1S/C27H45N3O5S/c1-17(2)13-14-18(3)30(24(33)21(16-36)28-25(34)35-27(7,8)9)22(23(32)29-26(4,5)6)19-11-10-12-20(31)15-19/h10-12,15,17-18,21-22,31,36H,13-14,16H2,1-9H3,(H,28,34)(H,29,32). The molecule has 8 nitrogen and oxygen atoms in total. The molecule has 1 rings (SSSR count). The van der Waals surface area contributed by atoms with E-state index in [1.165, 1.54) is 17.0 Å². The summed E-state index contributed by atoms with van der Waals surface area (Å²) in [5, 5.41) is 15.8. The first kappa shape index (κ1) is 31.6. The first-order chi connectivity index (χ1) is 16.4. The van der Waals surface area contributed by atoms with Crippen molar-refractivity contribution < 1.29 is 24.2 Å². The van der Waals surface area contributed by atoms with Crippen molar-refractivity contribution in [2.75, 3.05) is 5.75 Å². The minimum Gasteiger partial charge on any atom is -0.508 e. The fourth-order valence-corrected chi connectivity index (χ4v) is 3.95. The highest BCUT2D eigenvalue weighted by atomic mass is 32.1. The van der Waals surface area contributed by atoms with Gasteiger partial charge in [-0.25, -0.2) is 4.79 Å². The van der Waals surface area contributed by atoms with Crippen LogP contribution < -0.4 is 10.6 Å². The Morgan fingerprint density at radius 1 is 1.06 bits per heavy atom. The van der Waals surface area contributed by atoms with E-state index in [1.807, 2.05) is 27.7 Å². The first-order valence-electron chi connectivity index (χ1n) is 12.5. The summed E-state index contributed by atoms with van der Waals surface area (Å²) in [6.45, 7) is 16.9. The molecular weight excluding hydrogens is 478 g/mol. The van der Waals surface area contributed by atoms with Gasteiger partial charge in [-0.2, -0.15) is 12.6 Å². The van der Waals surface area contributed by atoms with Crippen LogP contribution in [0.15, 0.2) is 24.3 Å². The van der Waals surface area contributed by atoms with Gasteiger partial charge in [-0.15, -0.1) is 0 Å². The summed E-state index contributed by atoms with van der Waals surface area (Å²) in [5.41, 5.74) is -0.828. The normalized spacial score (nSPS) is 14.5. The highest BCUT2D eigenvalue weighted by Crippen LogP contribution is 2.30. The third-order valence-corrected chi connectivity index (χ3v) is 5.64. The third kappa shape index (κ3) is 10.7. The number of thiol groups is 1. The second kappa shape index (κ2) is 13.2. The van der Waals surface area contributed by atoms with Crippen LogP contribution in [-0.2, 0) is 14.3 Å². The van der Waals surface area contributed by atoms with E-state index in [2.05, 4.69) is 37.1 Å². The monoisotopic (exact) mass is 523 g/mol. The predicted octanol–water partition coefficient (Wildman–Crippen LogP) is 4.82. The molecular formula is C27H45N3O5S. The minimum atomic E-state index is -1.03. The van der Waals surface area contributed by atoms with Crippen LogP contribution in [0.3, 0.4) is 0 Å². The second-order valence-corrected chi connectivity index (χ2v) is 12.0. The molecule has 204 valence electrons. The van der Waals surface area contributed by atoms with Crippen LogP contribution in [0, 0.1) is 5.92 Å². The summed E-state index contributed by atoms with van der Waals surface area (Å²) in [4.78, 5) is 41.7. The molecule has 0 aliphatic carbocycles. The van der Waals surface area contributed by atoms with Gasteiger partial charge in [-0.05, 0) is 84.9 Å². The van der Waals surface area contributed by atoms with Gasteiger partial charge >= 0.3 is 6.09 Å². The average molecular weight is 524 g/mol. The van der Waals surface area contributed by atoms with Crippen molar-refractivity contribution in [1.82, 2.24) is 15.5 Å². The van der Waals surface area contributed by atoms with Crippen molar-refractivity contribution in [3.8, 4) is 5.75 Å². The van der Waals surface area contributed by atoms with Crippen molar-refractivity contribution in [3.05, 3.63) is 29.8 Å². The Labute approximate surface area is 222 Å². The largest absolute Gasteiger partial charge is 0.508 e. The number of hydrogen-bond acceptors (Lipinski definition) is 6. The molecule has 0 radical (unpaired) electrons. The molecule has 3 atom stereocenters. The van der Waals surface area contributed by atoms with E-state index in [0.29, 0.717) is 17.9 Å². The van der Waals surface area contributed by atoms with Gasteiger partial charge in [0, 0.05) is 17.3 Å². The number of aromatic hydroxyl groups is 1. The number of alkyl carbamates (subject to hydrolysis) is 1. The number of amides is 3. The summed E-state index contributed by atoms with van der Waals surface area (Å²) in [7, 11) is 0. The summed E-state index contributed by atoms with van der Waals surface area (Å²) in [6, 6.07) is 3.94. The first-order valence-corrected chi connectivity index (χ1v) is 13.1. The lowest BCUT2D eigenvalue weighted by atomic mass is 9.96. The molecule has 0 aliphatic heterocycles. The van der Waals surface area contributed by atoms with Crippen molar-refractivity contribution >= 4 is 30.5 Å². The summed E-state index contributed by atoms with van der Waals surface area (Å²) in [6.07, 6.45) is 0.745. The molecule has 0 bridgehead atoms. The zero-order chi connectivity index (χ0) is 27.8. The van der Waals surface area contributed by atoms with Gasteiger partial charge in [0.05, 0.1) is 0 Å². The smallest absolute Gasteiger partial charge is 0.408 e. The van der Waals surface area contributed by atoms with Gasteiger partial charge in [0.15, 0.2) is 0 Å². The Balaban J connectivity index is 3.55. The quantitative estimate of drug-likeness (QED) is 0.329. The molecule has 3 unspecified atom stereocenters. The zero-order valence-electron chi connectivity index (χ0n) is 23.2. The number of ether oxygens (including phenoxy) is 1. The van der Waals surface area contributed by atoms with E-state index in [-0.39, 0.29) is 23.5 Å². The second-order valence-electron chi connectivity index (χ2n) is 11.7. The van der Waals surface area contributed by atoms with Crippen LogP contribution >= 0.6 is 12.6 Å². The Morgan fingerprint density at radius 3 is 2.14 bits per heavy atom. The number of phenolic OH excluding ortho intramolecular Hbond substituents is 1. The summed E-state index contributed by atoms with van der Waals surface area (Å²) < 4.78 is 5.35. The molecule has 3 N–H and O–H groups in total. The molecule has 3 amide bonds. The Kier molecular flexibility index (Phi) is 11.6. The summed E-state index contributed by atoms with van der Waals surface area (Å²) in [5.74, 6) is -0.440. The molecule has 1 aromatic rings. The van der Waals surface area contributed by atoms with Crippen molar-refractivity contribution in [2.24, 2.45) is 5.92 Å². The van der Waals surface area contributed by atoms with E-state index in [9.17, 15) is 19.5 Å². The molecule has 9 heteroatoms. The molecule has 0 heterocycles. The lowest BCUT2D eigenvalue weighted by molar-refractivity contribution is -0.145. The van der Waals surface area contributed by atoms with Gasteiger partial charge in [-0.3, -0.25) is 9.59 Å². The molecule has 0 spiro atoms. The van der Waals surface area contributed by atoms with Gasteiger partial charge in [-0.1, -0.05) is 26.0 Å². The maximum Gasteiger partial charge on any atom is 0.408 e. The van der Waals surface area contributed by atoms with Gasteiger partial charge < -0.3 is 25.4 Å². The molecule has 0 aromatic heterocycles. The van der Waals surface area contributed by atoms with E-state index in [1.54, 1.807) is 32.9 Å². The predicted molar refractivity (Wildman–Crippen MR) is 146 cm³/mol. The number of carbonyl (C=O) groups is 3. The third-order valence-electron chi connectivity index (χ3n) is 5.27. The molecule has 1 aromatic carbocycles. The lowest BCUT2D eigenvalue weighted by Gasteiger charge is -2.39. The maximum absolute atomic E-state index is 14.0. The highest BCUT2D eigenvalue weighted by Gasteiger charge is 2.39. The number of hydrogen-bond donors (Lipinski definition) is 4. The Bertz CT molecular complexity index is 892. The molecule has 36 heavy (non-hydrogen) atoms. The molecule has 0 saturated carbocycles. The number of nitrogens with zero attached hydrogens (tertiary/aromatic N) is 1. The fourth-order valence-electron chi connectivity index (χ4n) is 3.70. The van der Waals surface area contributed by atoms with Gasteiger partial charge in [0.1, 0.15) is 23.4 Å². The minimum absolute atomic E-state index is 0.0130. The summed E-state index contributed by atoms with van der Waals surface area (Å²) >= 11 is 4.32. The van der Waals surface area contributed by atoms with E-state index in [0.717, 1.165) is 6.42 Å². The molecule has 0 aliphatic rings. The van der Waals surface area contributed by atoms with E-state index in [4.69, 9.17) is 4.74 Å². The van der Waals surface area contributed by atoms with Crippen LogP contribution in [0.4, 0.5) is 4.79 Å². The Hall–Kier alpha value is -2.42. The maximum atomic E-state index is 14.0. The van der Waals surface area contributed by atoms with Crippen molar-refractivity contribution in [1.29, 1.82) is 0 Å². The number of benzene rings is 1. The zero-order valence-corrected chi connectivity index (χ0v) is 24.1. The number of phenols is 1. The van der Waals surface area contributed by atoms with Crippen molar-refractivity contribution in [3.63, 3.8) is 0 Å². The van der Waals surface area contributed by atoms with E-state index < -0.39 is 35.2 Å².